The summed E-state index contributed by atoms with van der Waals surface area (Å²) in [6, 6.07) is 0.440. The highest BCUT2D eigenvalue weighted by molar-refractivity contribution is 5.02. The molecule has 0 aliphatic carbocycles. The topological polar surface area (TPSA) is 81.7 Å². The third kappa shape index (κ3) is 2.45. The molecule has 0 bridgehead atoms. The van der Waals surface area contributed by atoms with Gasteiger partial charge in [0.2, 0.25) is 5.89 Å². The highest BCUT2D eigenvalue weighted by Crippen LogP contribution is 2.18. The van der Waals surface area contributed by atoms with Crippen LogP contribution in [0.3, 0.4) is 0 Å². The fraction of sp³-hybridized carbons (Fsp3) is 0.692. The molecule has 2 aromatic rings. The number of nitrogens with one attached hydrogen (secondary N) is 1. The third-order valence-corrected chi connectivity index (χ3v) is 3.74. The molecule has 0 saturated heterocycles. The van der Waals surface area contributed by atoms with E-state index in [0.29, 0.717) is 17.8 Å². The molecule has 1 aliphatic rings. The zero-order chi connectivity index (χ0) is 14.1. The second kappa shape index (κ2) is 5.32. The second-order valence-corrected chi connectivity index (χ2v) is 5.30. The summed E-state index contributed by atoms with van der Waals surface area (Å²) < 4.78 is 7.44. The zero-order valence-electron chi connectivity index (χ0n) is 12.1. The maximum Gasteiger partial charge on any atom is 0.243 e. The Hall–Kier alpha value is -1.76. The van der Waals surface area contributed by atoms with Crippen LogP contribution >= 0.6 is 0 Å². The van der Waals surface area contributed by atoms with Gasteiger partial charge < -0.3 is 14.4 Å². The molecule has 108 valence electrons. The fourth-order valence-corrected chi connectivity index (χ4v) is 2.69. The number of aromatic nitrogens is 5. The molecule has 3 rings (SSSR count). The van der Waals surface area contributed by atoms with Crippen LogP contribution in [0, 0.1) is 6.92 Å². The number of rotatable bonds is 4. The predicted molar refractivity (Wildman–Crippen MR) is 72.1 cm³/mol. The standard InChI is InChI=1S/C13H20N6O/c1-4-11-16-17-12-6-5-10(7-19(11)12)14-8(2)13-15-9(3)18-20-13/h8,10,14H,4-7H2,1-3H3/t8-,10-/m1/s1. The van der Waals surface area contributed by atoms with Gasteiger partial charge >= 0.3 is 0 Å². The van der Waals surface area contributed by atoms with Gasteiger partial charge in [0.1, 0.15) is 11.6 Å². The van der Waals surface area contributed by atoms with Crippen molar-refractivity contribution in [3.8, 4) is 0 Å². The minimum atomic E-state index is 0.0595. The summed E-state index contributed by atoms with van der Waals surface area (Å²) in [5.41, 5.74) is 0. The molecule has 0 radical (unpaired) electrons. The van der Waals surface area contributed by atoms with E-state index in [0.717, 1.165) is 37.5 Å². The molecule has 7 nitrogen and oxygen atoms in total. The van der Waals surface area contributed by atoms with E-state index in [4.69, 9.17) is 4.52 Å². The molecule has 1 aliphatic heterocycles. The van der Waals surface area contributed by atoms with Crippen molar-refractivity contribution in [2.24, 2.45) is 0 Å². The van der Waals surface area contributed by atoms with Crippen LogP contribution in [0.1, 0.15) is 49.7 Å². The van der Waals surface area contributed by atoms with Crippen molar-refractivity contribution in [1.82, 2.24) is 30.2 Å². The highest BCUT2D eigenvalue weighted by atomic mass is 16.5. The van der Waals surface area contributed by atoms with Gasteiger partial charge in [-0.15, -0.1) is 10.2 Å². The van der Waals surface area contributed by atoms with E-state index in [1.165, 1.54) is 0 Å². The molecule has 3 heterocycles. The van der Waals surface area contributed by atoms with Gasteiger partial charge in [0, 0.05) is 25.4 Å². The number of aryl methyl sites for hydroxylation is 3. The first-order valence-electron chi connectivity index (χ1n) is 7.14. The van der Waals surface area contributed by atoms with Crippen LogP contribution in [0.25, 0.3) is 0 Å². The molecule has 0 saturated carbocycles. The van der Waals surface area contributed by atoms with Crippen LogP contribution in [0.5, 0.6) is 0 Å². The first-order chi connectivity index (χ1) is 9.67. The smallest absolute Gasteiger partial charge is 0.243 e. The van der Waals surface area contributed by atoms with Crippen molar-refractivity contribution >= 4 is 0 Å². The van der Waals surface area contributed by atoms with Crippen LogP contribution in [0.2, 0.25) is 0 Å². The van der Waals surface area contributed by atoms with Crippen LogP contribution < -0.4 is 5.32 Å². The van der Waals surface area contributed by atoms with E-state index in [1.807, 2.05) is 6.92 Å². The van der Waals surface area contributed by atoms with Gasteiger partial charge in [-0.3, -0.25) is 0 Å². The molecule has 0 fully saturated rings. The Morgan fingerprint density at radius 3 is 3.00 bits per heavy atom. The molecule has 0 spiro atoms. The lowest BCUT2D eigenvalue weighted by molar-refractivity contribution is 0.292. The minimum Gasteiger partial charge on any atom is -0.338 e. The first-order valence-corrected chi connectivity index (χ1v) is 7.14. The third-order valence-electron chi connectivity index (χ3n) is 3.74. The number of fused-ring (bicyclic) bond motifs is 1. The summed E-state index contributed by atoms with van der Waals surface area (Å²) in [5.74, 6) is 3.48. The molecular weight excluding hydrogens is 256 g/mol. The lowest BCUT2D eigenvalue weighted by Crippen LogP contribution is -2.39. The first kappa shape index (κ1) is 13.2. The zero-order valence-corrected chi connectivity index (χ0v) is 12.1. The quantitative estimate of drug-likeness (QED) is 0.903. The number of nitrogens with zero attached hydrogens (tertiary/aromatic N) is 5. The number of hydrogen-bond acceptors (Lipinski definition) is 6. The van der Waals surface area contributed by atoms with Crippen molar-refractivity contribution in [3.05, 3.63) is 23.4 Å². The normalized spacial score (nSPS) is 19.9. The van der Waals surface area contributed by atoms with Crippen molar-refractivity contribution < 1.29 is 4.52 Å². The van der Waals surface area contributed by atoms with Gasteiger partial charge in [-0.1, -0.05) is 12.1 Å². The lowest BCUT2D eigenvalue weighted by atomic mass is 10.1. The molecule has 2 aromatic heterocycles. The van der Waals surface area contributed by atoms with E-state index in [2.05, 4.69) is 44.1 Å². The van der Waals surface area contributed by atoms with Gasteiger partial charge in [0.25, 0.3) is 0 Å². The lowest BCUT2D eigenvalue weighted by Gasteiger charge is -2.27. The van der Waals surface area contributed by atoms with Crippen molar-refractivity contribution in [2.45, 2.75) is 58.7 Å². The van der Waals surface area contributed by atoms with Crippen molar-refractivity contribution in [3.63, 3.8) is 0 Å². The van der Waals surface area contributed by atoms with Gasteiger partial charge in [-0.25, -0.2) is 0 Å². The Morgan fingerprint density at radius 2 is 2.30 bits per heavy atom. The Balaban J connectivity index is 1.68. The second-order valence-electron chi connectivity index (χ2n) is 5.30. The molecule has 20 heavy (non-hydrogen) atoms. The largest absolute Gasteiger partial charge is 0.338 e. The fourth-order valence-electron chi connectivity index (χ4n) is 2.69. The molecule has 0 aromatic carbocycles. The Morgan fingerprint density at radius 1 is 1.45 bits per heavy atom. The molecule has 1 N–H and O–H groups in total. The average molecular weight is 276 g/mol. The van der Waals surface area contributed by atoms with Crippen LogP contribution in [-0.4, -0.2) is 30.9 Å². The number of hydrogen-bond donors (Lipinski definition) is 1. The average Bonchev–Trinajstić information content (AvgIpc) is 3.04. The van der Waals surface area contributed by atoms with Crippen molar-refractivity contribution in [1.29, 1.82) is 0 Å². The van der Waals surface area contributed by atoms with E-state index in [1.54, 1.807) is 0 Å². The van der Waals surface area contributed by atoms with Gasteiger partial charge in [-0.05, 0) is 20.3 Å². The van der Waals surface area contributed by atoms with Gasteiger partial charge in [0.05, 0.1) is 6.04 Å². The molecule has 7 heteroatoms. The maximum atomic E-state index is 5.21. The molecule has 2 atom stereocenters. The summed E-state index contributed by atoms with van der Waals surface area (Å²) in [5, 5.41) is 15.9. The molecule has 0 unspecified atom stereocenters. The Labute approximate surface area is 117 Å². The Bertz CT molecular complexity index is 576. The predicted octanol–water partition coefficient (Wildman–Crippen LogP) is 1.20. The van der Waals surface area contributed by atoms with Crippen LogP contribution in [0.15, 0.2) is 4.52 Å². The summed E-state index contributed by atoms with van der Waals surface area (Å²) in [6.45, 7) is 6.90. The minimum absolute atomic E-state index is 0.0595. The van der Waals surface area contributed by atoms with Gasteiger partial charge in [-0.2, -0.15) is 4.98 Å². The summed E-state index contributed by atoms with van der Waals surface area (Å²) in [7, 11) is 0. The summed E-state index contributed by atoms with van der Waals surface area (Å²) in [6.07, 6.45) is 2.93. The van der Waals surface area contributed by atoms with E-state index in [-0.39, 0.29) is 6.04 Å². The van der Waals surface area contributed by atoms with Crippen LogP contribution in [0.4, 0.5) is 0 Å². The SMILES string of the molecule is CCc1nnc2n1C[C@H](N[C@H](C)c1nc(C)no1)CC2. The van der Waals surface area contributed by atoms with E-state index in [9.17, 15) is 0 Å². The summed E-state index contributed by atoms with van der Waals surface area (Å²) in [4.78, 5) is 4.27. The Kier molecular flexibility index (Phi) is 3.52. The summed E-state index contributed by atoms with van der Waals surface area (Å²) >= 11 is 0. The molecule has 0 amide bonds. The van der Waals surface area contributed by atoms with Gasteiger partial charge in [0.15, 0.2) is 5.82 Å². The maximum absolute atomic E-state index is 5.21. The van der Waals surface area contributed by atoms with E-state index >= 15 is 0 Å². The van der Waals surface area contributed by atoms with Crippen LogP contribution in [-0.2, 0) is 19.4 Å². The highest BCUT2D eigenvalue weighted by Gasteiger charge is 2.24. The van der Waals surface area contributed by atoms with Crippen molar-refractivity contribution in [2.75, 3.05) is 0 Å². The monoisotopic (exact) mass is 276 g/mol. The van der Waals surface area contributed by atoms with E-state index < -0.39 is 0 Å². The molecular formula is C13H20N6O.